The highest BCUT2D eigenvalue weighted by Crippen LogP contribution is 2.61. The molecule has 26 heavy (non-hydrogen) atoms. The minimum atomic E-state index is 0.0888. The zero-order valence-electron chi connectivity index (χ0n) is 16.4. The molecule has 1 aromatic rings. The summed E-state index contributed by atoms with van der Waals surface area (Å²) >= 11 is 0. The molecule has 5 atom stereocenters. The Morgan fingerprint density at radius 3 is 2.62 bits per heavy atom. The molecule has 1 fully saturated rings. The Morgan fingerprint density at radius 2 is 1.88 bits per heavy atom. The average molecular weight is 354 g/mol. The molecule has 0 spiro atoms. The molecule has 4 aliphatic rings. The number of hydrogen-bond acceptors (Lipinski definition) is 3. The van der Waals surface area contributed by atoms with E-state index in [4.69, 9.17) is 14.2 Å². The van der Waals surface area contributed by atoms with Crippen LogP contribution in [0.2, 0.25) is 0 Å². The molecule has 1 saturated carbocycles. The minimum Gasteiger partial charge on any atom is -0.496 e. The van der Waals surface area contributed by atoms with Crippen LogP contribution in [0.15, 0.2) is 18.2 Å². The van der Waals surface area contributed by atoms with Crippen LogP contribution >= 0.6 is 0 Å². The van der Waals surface area contributed by atoms with Gasteiger partial charge >= 0.3 is 0 Å². The summed E-state index contributed by atoms with van der Waals surface area (Å²) < 4.78 is 17.7. The second-order valence-electron chi connectivity index (χ2n) is 9.24. The van der Waals surface area contributed by atoms with Crippen molar-refractivity contribution in [3.63, 3.8) is 0 Å². The van der Waals surface area contributed by atoms with Gasteiger partial charge in [-0.25, -0.2) is 0 Å². The third-order valence-corrected chi connectivity index (χ3v) is 7.85. The predicted octanol–water partition coefficient (Wildman–Crippen LogP) is 5.03. The maximum Gasteiger partial charge on any atom is 0.125 e. The van der Waals surface area contributed by atoms with E-state index >= 15 is 0 Å². The Morgan fingerprint density at radius 1 is 1.12 bits per heavy atom. The lowest BCUT2D eigenvalue weighted by Crippen LogP contribution is -2.51. The van der Waals surface area contributed by atoms with Crippen molar-refractivity contribution in [3.8, 4) is 5.75 Å². The van der Waals surface area contributed by atoms with Gasteiger partial charge in [0.2, 0.25) is 0 Å². The van der Waals surface area contributed by atoms with Gasteiger partial charge in [-0.2, -0.15) is 0 Å². The summed E-state index contributed by atoms with van der Waals surface area (Å²) in [5.74, 6) is 1.69. The molecule has 2 aliphatic heterocycles. The highest BCUT2D eigenvalue weighted by atomic mass is 16.5. The van der Waals surface area contributed by atoms with E-state index in [1.807, 2.05) is 7.11 Å². The quantitative estimate of drug-likeness (QED) is 0.712. The Labute approximate surface area is 156 Å². The fraction of sp³-hybridized carbons (Fsp3) is 0.652. The fourth-order valence-corrected chi connectivity index (χ4v) is 6.84. The van der Waals surface area contributed by atoms with Crippen LogP contribution in [0.4, 0.5) is 0 Å². The molecule has 0 amide bonds. The van der Waals surface area contributed by atoms with E-state index in [9.17, 15) is 0 Å². The zero-order chi connectivity index (χ0) is 18.1. The number of methoxy groups -OCH3 is 2. The topological polar surface area (TPSA) is 27.7 Å². The summed E-state index contributed by atoms with van der Waals surface area (Å²) in [6.07, 6.45) is 10.9. The van der Waals surface area contributed by atoms with Gasteiger partial charge in [-0.05, 0) is 65.2 Å². The maximum absolute atomic E-state index is 6.19. The Balaban J connectivity index is 1.68. The molecule has 1 unspecified atom stereocenters. The molecule has 3 heteroatoms. The number of ether oxygens (including phenoxy) is 3. The highest BCUT2D eigenvalue weighted by Gasteiger charge is 2.53. The van der Waals surface area contributed by atoms with Gasteiger partial charge in [-0.15, -0.1) is 0 Å². The molecule has 3 nitrogen and oxygen atoms in total. The molecule has 0 saturated heterocycles. The summed E-state index contributed by atoms with van der Waals surface area (Å²) in [4.78, 5) is 0. The Bertz CT molecular complexity index is 778. The van der Waals surface area contributed by atoms with Crippen LogP contribution in [0, 0.1) is 11.3 Å². The summed E-state index contributed by atoms with van der Waals surface area (Å²) in [5.41, 5.74) is 6.25. The van der Waals surface area contributed by atoms with Gasteiger partial charge in [0.05, 0.1) is 13.7 Å². The molecule has 2 aliphatic carbocycles. The Hall–Kier alpha value is -1.32. The molecule has 1 aromatic carbocycles. The smallest absolute Gasteiger partial charge is 0.125 e. The molecule has 0 radical (unpaired) electrons. The van der Waals surface area contributed by atoms with Crippen molar-refractivity contribution in [2.75, 3.05) is 20.8 Å². The number of hydrogen-bond donors (Lipinski definition) is 0. The van der Waals surface area contributed by atoms with E-state index in [0.29, 0.717) is 5.92 Å². The SMILES string of the molecule is COC[C@@]1(C)CCC[C@]2(C)c3cc(OC)c4c(c3CCC12)[C@H]1C=C[C@@H]4O1. The van der Waals surface area contributed by atoms with Gasteiger partial charge in [0.25, 0.3) is 0 Å². The second-order valence-corrected chi connectivity index (χ2v) is 9.24. The minimum absolute atomic E-state index is 0.0888. The number of rotatable bonds is 3. The van der Waals surface area contributed by atoms with Crippen molar-refractivity contribution in [3.05, 3.63) is 40.5 Å². The first-order chi connectivity index (χ1) is 12.5. The first-order valence-electron chi connectivity index (χ1n) is 10.1. The molecule has 0 aromatic heterocycles. The predicted molar refractivity (Wildman–Crippen MR) is 102 cm³/mol. The van der Waals surface area contributed by atoms with E-state index in [-0.39, 0.29) is 23.0 Å². The van der Waals surface area contributed by atoms with Crippen molar-refractivity contribution >= 4 is 0 Å². The van der Waals surface area contributed by atoms with Gasteiger partial charge < -0.3 is 14.2 Å². The number of benzene rings is 1. The van der Waals surface area contributed by atoms with E-state index in [0.717, 1.165) is 18.8 Å². The molecule has 140 valence electrons. The lowest BCUT2D eigenvalue weighted by molar-refractivity contribution is -0.0326. The van der Waals surface area contributed by atoms with E-state index < -0.39 is 0 Å². The molecule has 2 bridgehead atoms. The maximum atomic E-state index is 6.19. The fourth-order valence-electron chi connectivity index (χ4n) is 6.84. The molecular formula is C23H30O3. The van der Waals surface area contributed by atoms with Gasteiger partial charge in [-0.1, -0.05) is 32.4 Å². The van der Waals surface area contributed by atoms with Gasteiger partial charge in [-0.3, -0.25) is 0 Å². The van der Waals surface area contributed by atoms with Gasteiger partial charge in [0.1, 0.15) is 18.0 Å². The van der Waals surface area contributed by atoms with Crippen LogP contribution in [0.1, 0.15) is 74.0 Å². The van der Waals surface area contributed by atoms with Crippen LogP contribution in [-0.2, 0) is 21.3 Å². The number of fused-ring (bicyclic) bond motifs is 9. The highest BCUT2D eigenvalue weighted by molar-refractivity contribution is 5.60. The van der Waals surface area contributed by atoms with Crippen molar-refractivity contribution in [2.45, 2.75) is 63.6 Å². The lowest BCUT2D eigenvalue weighted by atomic mass is 9.49. The summed E-state index contributed by atoms with van der Waals surface area (Å²) in [6, 6.07) is 2.36. The van der Waals surface area contributed by atoms with Crippen LogP contribution < -0.4 is 4.74 Å². The molecule has 2 heterocycles. The largest absolute Gasteiger partial charge is 0.496 e. The van der Waals surface area contributed by atoms with Gasteiger partial charge in [0, 0.05) is 12.7 Å². The Kier molecular flexibility index (Phi) is 3.62. The first-order valence-corrected chi connectivity index (χ1v) is 10.1. The standard InChI is InChI=1S/C23H30O3/c1-22(13-24-3)10-5-11-23(2)15-12-18(25-4)21-17-8-7-16(26-17)20(21)14(15)6-9-19(22)23/h7-8,12,16-17,19H,5-6,9-11,13H2,1-4H3/t16-,17+,19?,22-,23-/m1/s1. The van der Waals surface area contributed by atoms with E-state index in [1.54, 1.807) is 12.7 Å². The van der Waals surface area contributed by atoms with Crippen molar-refractivity contribution < 1.29 is 14.2 Å². The van der Waals surface area contributed by atoms with Crippen LogP contribution in [-0.4, -0.2) is 20.8 Å². The molecule has 5 rings (SSSR count). The summed E-state index contributed by atoms with van der Waals surface area (Å²) in [5, 5.41) is 0. The third kappa shape index (κ3) is 2.02. The monoisotopic (exact) mass is 354 g/mol. The third-order valence-electron chi connectivity index (χ3n) is 7.85. The van der Waals surface area contributed by atoms with Crippen LogP contribution in [0.5, 0.6) is 5.75 Å². The van der Waals surface area contributed by atoms with Crippen LogP contribution in [0.25, 0.3) is 0 Å². The van der Waals surface area contributed by atoms with Crippen molar-refractivity contribution in [1.82, 2.24) is 0 Å². The molecule has 0 N–H and O–H groups in total. The van der Waals surface area contributed by atoms with E-state index in [1.165, 1.54) is 42.4 Å². The lowest BCUT2D eigenvalue weighted by Gasteiger charge is -2.55. The zero-order valence-corrected chi connectivity index (χ0v) is 16.4. The van der Waals surface area contributed by atoms with E-state index in [2.05, 4.69) is 32.1 Å². The van der Waals surface area contributed by atoms with Crippen molar-refractivity contribution in [1.29, 1.82) is 0 Å². The summed E-state index contributed by atoms with van der Waals surface area (Å²) in [6.45, 7) is 5.81. The summed E-state index contributed by atoms with van der Waals surface area (Å²) in [7, 11) is 3.65. The second kappa shape index (κ2) is 5.59. The van der Waals surface area contributed by atoms with Gasteiger partial charge in [0.15, 0.2) is 0 Å². The van der Waals surface area contributed by atoms with Crippen LogP contribution in [0.3, 0.4) is 0 Å². The average Bonchev–Trinajstić information content (AvgIpc) is 3.23. The first kappa shape index (κ1) is 16.8. The van der Waals surface area contributed by atoms with Crippen molar-refractivity contribution in [2.24, 2.45) is 11.3 Å². The molecular weight excluding hydrogens is 324 g/mol. The normalized spacial score (nSPS) is 39.5.